The van der Waals surface area contributed by atoms with Gasteiger partial charge in [0.15, 0.2) is 0 Å². The van der Waals surface area contributed by atoms with E-state index in [-0.39, 0.29) is 18.6 Å². The molecule has 0 saturated carbocycles. The van der Waals surface area contributed by atoms with Crippen LogP contribution in [0.3, 0.4) is 0 Å². The third-order valence-corrected chi connectivity index (χ3v) is 3.04. The van der Waals surface area contributed by atoms with E-state index in [9.17, 15) is 19.2 Å². The van der Waals surface area contributed by atoms with Crippen LogP contribution in [0.5, 0.6) is 0 Å². The molecule has 0 aromatic carbocycles. The second-order valence-corrected chi connectivity index (χ2v) is 4.80. The molecule has 0 aliphatic heterocycles. The summed E-state index contributed by atoms with van der Waals surface area (Å²) >= 11 is 3.84. The molecule has 11 heteroatoms. The topological polar surface area (TPSA) is 185 Å². The van der Waals surface area contributed by atoms with E-state index in [2.05, 4.69) is 17.9 Å². The van der Waals surface area contributed by atoms with Gasteiger partial charge in [-0.25, -0.2) is 4.79 Å². The third-order valence-electron chi connectivity index (χ3n) is 2.64. The number of aliphatic hydroxyl groups excluding tert-OH is 1. The minimum absolute atomic E-state index is 0.0321. The van der Waals surface area contributed by atoms with Gasteiger partial charge in [-0.1, -0.05) is 0 Å². The monoisotopic (exact) mass is 336 g/mol. The molecule has 0 aliphatic rings. The second kappa shape index (κ2) is 9.97. The number of hydrogen-bond acceptors (Lipinski definition) is 7. The van der Waals surface area contributed by atoms with Crippen molar-refractivity contribution in [2.24, 2.45) is 11.5 Å². The Balaban J connectivity index is 4.89. The summed E-state index contributed by atoms with van der Waals surface area (Å²) in [5, 5.41) is 22.0. The summed E-state index contributed by atoms with van der Waals surface area (Å²) in [6, 6.07) is -3.71. The van der Waals surface area contributed by atoms with Crippen LogP contribution in [0.15, 0.2) is 0 Å². The number of carbonyl (C=O) groups excluding carboxylic acids is 3. The van der Waals surface area contributed by atoms with Gasteiger partial charge < -0.3 is 32.3 Å². The van der Waals surface area contributed by atoms with Crippen molar-refractivity contribution in [1.82, 2.24) is 10.6 Å². The van der Waals surface area contributed by atoms with Gasteiger partial charge in [0, 0.05) is 12.2 Å². The molecular weight excluding hydrogens is 316 g/mol. The molecule has 126 valence electrons. The van der Waals surface area contributed by atoms with Crippen LogP contribution in [0.25, 0.3) is 0 Å². The molecule has 0 rings (SSSR count). The molecule has 0 aliphatic carbocycles. The van der Waals surface area contributed by atoms with Gasteiger partial charge in [0.25, 0.3) is 0 Å². The highest BCUT2D eigenvalue weighted by molar-refractivity contribution is 7.80. The van der Waals surface area contributed by atoms with Crippen LogP contribution in [0, 0.1) is 0 Å². The van der Waals surface area contributed by atoms with E-state index in [0.717, 1.165) is 0 Å². The lowest BCUT2D eigenvalue weighted by Crippen LogP contribution is -2.55. The Hall–Kier alpha value is -1.85. The van der Waals surface area contributed by atoms with Crippen LogP contribution in [0.2, 0.25) is 0 Å². The number of hydrogen-bond donors (Lipinski definition) is 7. The zero-order valence-corrected chi connectivity index (χ0v) is 12.6. The Labute approximate surface area is 132 Å². The van der Waals surface area contributed by atoms with Crippen molar-refractivity contribution in [3.63, 3.8) is 0 Å². The average molecular weight is 336 g/mol. The van der Waals surface area contributed by atoms with Gasteiger partial charge in [0.05, 0.1) is 12.6 Å². The maximum absolute atomic E-state index is 12.0. The standard InChI is InChI=1S/C11H20N4O6S/c12-5(4-22)9(18)14-6(1-2-8(13)17)10(19)15-7(3-16)11(20)21/h5-7,16,22H,1-4,12H2,(H2,13,17)(H,14,18)(H,15,19)(H,20,21)/t5-,6-,7-/m0/s1. The summed E-state index contributed by atoms with van der Waals surface area (Å²) in [4.78, 5) is 45.2. The van der Waals surface area contributed by atoms with E-state index in [0.29, 0.717) is 0 Å². The number of amides is 3. The lowest BCUT2D eigenvalue weighted by Gasteiger charge is -2.21. The lowest BCUT2D eigenvalue weighted by molar-refractivity contribution is -0.143. The van der Waals surface area contributed by atoms with Gasteiger partial charge in [0.1, 0.15) is 12.1 Å². The largest absolute Gasteiger partial charge is 0.480 e. The van der Waals surface area contributed by atoms with E-state index in [1.54, 1.807) is 0 Å². The summed E-state index contributed by atoms with van der Waals surface area (Å²) in [7, 11) is 0. The van der Waals surface area contributed by atoms with Crippen LogP contribution < -0.4 is 22.1 Å². The highest BCUT2D eigenvalue weighted by Gasteiger charge is 2.27. The van der Waals surface area contributed by atoms with Gasteiger partial charge in [-0.05, 0) is 6.42 Å². The van der Waals surface area contributed by atoms with Crippen molar-refractivity contribution in [2.45, 2.75) is 31.0 Å². The first-order chi connectivity index (χ1) is 10.2. The highest BCUT2D eigenvalue weighted by atomic mass is 32.1. The molecule has 0 heterocycles. The number of carboxylic acid groups (broad SMARTS) is 1. The highest BCUT2D eigenvalue weighted by Crippen LogP contribution is 2.00. The molecule has 3 amide bonds. The summed E-state index contributed by atoms with van der Waals surface area (Å²) < 4.78 is 0. The average Bonchev–Trinajstić information content (AvgIpc) is 2.46. The van der Waals surface area contributed by atoms with Crippen molar-refractivity contribution in [3.05, 3.63) is 0 Å². The first kappa shape index (κ1) is 20.1. The normalized spacial score (nSPS) is 14.5. The molecule has 0 aromatic heterocycles. The minimum atomic E-state index is -1.53. The smallest absolute Gasteiger partial charge is 0.328 e. The van der Waals surface area contributed by atoms with Gasteiger partial charge in [-0.2, -0.15) is 12.6 Å². The Morgan fingerprint density at radius 2 is 1.64 bits per heavy atom. The van der Waals surface area contributed by atoms with Crippen LogP contribution in [-0.2, 0) is 19.2 Å². The van der Waals surface area contributed by atoms with E-state index in [1.165, 1.54) is 0 Å². The number of thiol groups is 1. The zero-order chi connectivity index (χ0) is 17.3. The van der Waals surface area contributed by atoms with Crippen LogP contribution >= 0.6 is 12.6 Å². The maximum Gasteiger partial charge on any atom is 0.328 e. The van der Waals surface area contributed by atoms with Crippen molar-refractivity contribution >= 4 is 36.3 Å². The van der Waals surface area contributed by atoms with E-state index < -0.39 is 48.4 Å². The predicted molar refractivity (Wildman–Crippen MR) is 78.8 cm³/mol. The molecule has 0 bridgehead atoms. The Kier molecular flexibility index (Phi) is 9.13. The Bertz CT molecular complexity index is 433. The molecule has 0 saturated heterocycles. The fourth-order valence-corrected chi connectivity index (χ4v) is 1.54. The number of nitrogens with two attached hydrogens (primary N) is 2. The van der Waals surface area contributed by atoms with Gasteiger partial charge in [-0.15, -0.1) is 0 Å². The zero-order valence-electron chi connectivity index (χ0n) is 11.7. The van der Waals surface area contributed by atoms with E-state index in [4.69, 9.17) is 21.7 Å². The van der Waals surface area contributed by atoms with Crippen LogP contribution in [-0.4, -0.2) is 64.4 Å². The summed E-state index contributed by atoms with van der Waals surface area (Å²) in [6.45, 7) is -0.826. The van der Waals surface area contributed by atoms with Crippen molar-refractivity contribution in [2.75, 3.05) is 12.4 Å². The van der Waals surface area contributed by atoms with Gasteiger partial charge in [-0.3, -0.25) is 14.4 Å². The number of aliphatic carboxylic acids is 1. The number of nitrogens with one attached hydrogen (secondary N) is 2. The molecular formula is C11H20N4O6S. The lowest BCUT2D eigenvalue weighted by atomic mass is 10.1. The summed E-state index contributed by atoms with van der Waals surface area (Å²) in [6.07, 6.45) is -0.338. The number of primary amides is 1. The fourth-order valence-electron chi connectivity index (χ4n) is 1.37. The molecule has 8 N–H and O–H groups in total. The summed E-state index contributed by atoms with van der Waals surface area (Å²) in [5.74, 6) is -3.66. The Morgan fingerprint density at radius 3 is 2.05 bits per heavy atom. The molecule has 10 nitrogen and oxygen atoms in total. The molecule has 0 unspecified atom stereocenters. The predicted octanol–water partition coefficient (Wildman–Crippen LogP) is -3.44. The molecule has 0 radical (unpaired) electrons. The molecule has 0 aromatic rings. The number of aliphatic hydroxyl groups is 1. The molecule has 0 spiro atoms. The number of rotatable bonds is 10. The maximum atomic E-state index is 12.0. The Morgan fingerprint density at radius 1 is 1.09 bits per heavy atom. The SMILES string of the molecule is NC(=O)CC[C@H](NC(=O)[C@@H](N)CS)C(=O)N[C@@H](CO)C(=O)O. The first-order valence-electron chi connectivity index (χ1n) is 6.32. The van der Waals surface area contributed by atoms with E-state index >= 15 is 0 Å². The van der Waals surface area contributed by atoms with Crippen LogP contribution in [0.1, 0.15) is 12.8 Å². The number of carboxylic acids is 1. The number of carbonyl (C=O) groups is 4. The molecule has 22 heavy (non-hydrogen) atoms. The van der Waals surface area contributed by atoms with Crippen LogP contribution in [0.4, 0.5) is 0 Å². The van der Waals surface area contributed by atoms with Crippen molar-refractivity contribution < 1.29 is 29.4 Å². The van der Waals surface area contributed by atoms with E-state index in [1.807, 2.05) is 5.32 Å². The van der Waals surface area contributed by atoms with Crippen molar-refractivity contribution in [1.29, 1.82) is 0 Å². The second-order valence-electron chi connectivity index (χ2n) is 4.44. The molecule has 0 fully saturated rings. The molecule has 3 atom stereocenters. The summed E-state index contributed by atoms with van der Waals surface area (Å²) in [5.41, 5.74) is 10.4. The fraction of sp³-hybridized carbons (Fsp3) is 0.636. The minimum Gasteiger partial charge on any atom is -0.480 e. The third kappa shape index (κ3) is 7.24. The quantitative estimate of drug-likeness (QED) is 0.202. The van der Waals surface area contributed by atoms with Crippen molar-refractivity contribution in [3.8, 4) is 0 Å². The first-order valence-corrected chi connectivity index (χ1v) is 6.95. The van der Waals surface area contributed by atoms with Gasteiger partial charge >= 0.3 is 5.97 Å². The van der Waals surface area contributed by atoms with Gasteiger partial charge in [0.2, 0.25) is 17.7 Å².